The molecule has 1 aromatic heterocycles. The number of aromatic amines is 2. The molecule has 1 heterocycles. The van der Waals surface area contributed by atoms with Crippen molar-refractivity contribution in [1.29, 1.82) is 0 Å². The first-order valence-corrected chi connectivity index (χ1v) is 3.38. The van der Waals surface area contributed by atoms with Crippen LogP contribution in [0.4, 0.5) is 0 Å². The molecule has 62 valence electrons. The second-order valence-electron chi connectivity index (χ2n) is 2.55. The third kappa shape index (κ3) is 1.69. The average molecular weight is 156 g/mol. The molecule has 6 N–H and O–H groups in total. The summed E-state index contributed by atoms with van der Waals surface area (Å²) < 4.78 is 0. The van der Waals surface area contributed by atoms with Crippen molar-refractivity contribution in [2.45, 2.75) is 19.5 Å². The van der Waals surface area contributed by atoms with Crippen LogP contribution < -0.4 is 17.0 Å². The molecule has 0 radical (unpaired) electrons. The van der Waals surface area contributed by atoms with Crippen LogP contribution in [0.15, 0.2) is 4.79 Å². The minimum Gasteiger partial charge on any atom is -0.316 e. The number of H-pyrrole nitrogens is 2. The quantitative estimate of drug-likeness (QED) is 0.404. The second-order valence-corrected chi connectivity index (χ2v) is 2.55. The Bertz CT molecular complexity index is 285. The van der Waals surface area contributed by atoms with Crippen LogP contribution in [-0.2, 0) is 6.42 Å². The topological polar surface area (TPSA) is 101 Å². The summed E-state index contributed by atoms with van der Waals surface area (Å²) >= 11 is 0. The summed E-state index contributed by atoms with van der Waals surface area (Å²) in [4.78, 5) is 10.9. The number of nitrogens with two attached hydrogens (primary N) is 2. The average Bonchev–Trinajstić information content (AvgIpc) is 2.18. The molecule has 0 aliphatic rings. The fourth-order valence-corrected chi connectivity index (χ4v) is 0.897. The predicted octanol–water partition coefficient (Wildman–Crippen LogP) is -1.20. The van der Waals surface area contributed by atoms with E-state index in [9.17, 15) is 4.79 Å². The molecule has 1 rings (SSSR count). The third-order valence-corrected chi connectivity index (χ3v) is 1.56. The SMILES string of the molecule is Cc1c(CC(N)N)[nH][nH]c1=O. The van der Waals surface area contributed by atoms with Gasteiger partial charge in [-0.25, -0.2) is 0 Å². The van der Waals surface area contributed by atoms with Crippen molar-refractivity contribution in [3.63, 3.8) is 0 Å². The largest absolute Gasteiger partial charge is 0.316 e. The van der Waals surface area contributed by atoms with Gasteiger partial charge in [-0.15, -0.1) is 0 Å². The Balaban J connectivity index is 2.87. The Morgan fingerprint density at radius 3 is 2.45 bits per heavy atom. The summed E-state index contributed by atoms with van der Waals surface area (Å²) in [5, 5.41) is 5.16. The molecule has 0 aromatic carbocycles. The molecule has 5 heteroatoms. The molecule has 0 saturated heterocycles. The fraction of sp³-hybridized carbons (Fsp3) is 0.500. The van der Waals surface area contributed by atoms with Gasteiger partial charge in [-0.1, -0.05) is 0 Å². The molecule has 0 saturated carbocycles. The third-order valence-electron chi connectivity index (χ3n) is 1.56. The molecule has 5 nitrogen and oxygen atoms in total. The first-order valence-electron chi connectivity index (χ1n) is 3.38. The predicted molar refractivity (Wildman–Crippen MR) is 42.0 cm³/mol. The molecule has 0 bridgehead atoms. The lowest BCUT2D eigenvalue weighted by molar-refractivity contribution is 0.685. The van der Waals surface area contributed by atoms with Crippen molar-refractivity contribution >= 4 is 0 Å². The van der Waals surface area contributed by atoms with Crippen LogP contribution in [0.5, 0.6) is 0 Å². The summed E-state index contributed by atoms with van der Waals surface area (Å²) in [6.07, 6.45) is 0.0741. The van der Waals surface area contributed by atoms with E-state index in [1.165, 1.54) is 0 Å². The van der Waals surface area contributed by atoms with Gasteiger partial charge in [-0.2, -0.15) is 0 Å². The van der Waals surface area contributed by atoms with Gasteiger partial charge in [0.1, 0.15) is 0 Å². The molecular weight excluding hydrogens is 144 g/mol. The van der Waals surface area contributed by atoms with E-state index in [0.717, 1.165) is 5.69 Å². The molecule has 0 amide bonds. The minimum atomic E-state index is -0.417. The Morgan fingerprint density at radius 1 is 1.45 bits per heavy atom. The van der Waals surface area contributed by atoms with Gasteiger partial charge in [0.15, 0.2) is 0 Å². The Hall–Kier alpha value is -1.07. The molecule has 11 heavy (non-hydrogen) atoms. The molecule has 1 aromatic rings. The van der Waals surface area contributed by atoms with Crippen molar-refractivity contribution in [1.82, 2.24) is 10.2 Å². The summed E-state index contributed by atoms with van der Waals surface area (Å²) in [5.41, 5.74) is 12.0. The van der Waals surface area contributed by atoms with Crippen molar-refractivity contribution in [2.75, 3.05) is 0 Å². The fourth-order valence-electron chi connectivity index (χ4n) is 0.897. The van der Waals surface area contributed by atoms with Crippen LogP contribution in [0.25, 0.3) is 0 Å². The number of nitrogens with one attached hydrogen (secondary N) is 2. The normalized spacial score (nSPS) is 10.9. The van der Waals surface area contributed by atoms with Gasteiger partial charge >= 0.3 is 0 Å². The second kappa shape index (κ2) is 2.89. The van der Waals surface area contributed by atoms with Crippen molar-refractivity contribution in [2.24, 2.45) is 11.5 Å². The first-order chi connectivity index (χ1) is 5.11. The molecule has 0 aliphatic heterocycles. The summed E-state index contributed by atoms with van der Waals surface area (Å²) in [5.74, 6) is 0. The highest BCUT2D eigenvalue weighted by molar-refractivity contribution is 5.14. The zero-order valence-corrected chi connectivity index (χ0v) is 6.35. The van der Waals surface area contributed by atoms with E-state index in [4.69, 9.17) is 11.5 Å². The molecule has 0 spiro atoms. The summed E-state index contributed by atoms with van der Waals surface area (Å²) in [7, 11) is 0. The van der Waals surface area contributed by atoms with Crippen LogP contribution in [0.2, 0.25) is 0 Å². The van der Waals surface area contributed by atoms with Crippen LogP contribution in [0.1, 0.15) is 11.3 Å². The van der Waals surface area contributed by atoms with Crippen molar-refractivity contribution < 1.29 is 0 Å². The van der Waals surface area contributed by atoms with Crippen LogP contribution in [-0.4, -0.2) is 16.4 Å². The van der Waals surface area contributed by atoms with Crippen molar-refractivity contribution in [3.8, 4) is 0 Å². The monoisotopic (exact) mass is 156 g/mol. The maximum Gasteiger partial charge on any atom is 0.267 e. The Morgan fingerprint density at radius 2 is 2.09 bits per heavy atom. The Kier molecular flexibility index (Phi) is 2.11. The molecule has 0 unspecified atom stereocenters. The van der Waals surface area contributed by atoms with Gasteiger partial charge in [0.05, 0.1) is 6.17 Å². The van der Waals surface area contributed by atoms with Gasteiger partial charge < -0.3 is 16.6 Å². The number of hydrogen-bond acceptors (Lipinski definition) is 3. The zero-order chi connectivity index (χ0) is 8.43. The van der Waals surface area contributed by atoms with Crippen LogP contribution in [0.3, 0.4) is 0 Å². The van der Waals surface area contributed by atoms with E-state index >= 15 is 0 Å². The maximum atomic E-state index is 10.9. The van der Waals surface area contributed by atoms with Gasteiger partial charge in [0, 0.05) is 17.7 Å². The van der Waals surface area contributed by atoms with Crippen LogP contribution in [0, 0.1) is 6.92 Å². The highest BCUT2D eigenvalue weighted by atomic mass is 16.1. The molecule has 0 aliphatic carbocycles. The first kappa shape index (κ1) is 8.03. The lowest BCUT2D eigenvalue weighted by Crippen LogP contribution is -2.33. The van der Waals surface area contributed by atoms with Gasteiger partial charge in [0.25, 0.3) is 5.56 Å². The van der Waals surface area contributed by atoms with Gasteiger partial charge in [-0.3, -0.25) is 9.89 Å². The number of aromatic nitrogens is 2. The van der Waals surface area contributed by atoms with E-state index < -0.39 is 6.17 Å². The lowest BCUT2D eigenvalue weighted by Gasteiger charge is -2.01. The zero-order valence-electron chi connectivity index (χ0n) is 6.35. The Labute approximate surface area is 63.8 Å². The molecule has 0 fully saturated rings. The summed E-state index contributed by atoms with van der Waals surface area (Å²) in [6, 6.07) is 0. The van der Waals surface area contributed by atoms with Gasteiger partial charge in [0.2, 0.25) is 0 Å². The van der Waals surface area contributed by atoms with Gasteiger partial charge in [-0.05, 0) is 6.92 Å². The van der Waals surface area contributed by atoms with E-state index in [1.54, 1.807) is 6.92 Å². The van der Waals surface area contributed by atoms with Crippen LogP contribution >= 0.6 is 0 Å². The number of hydrogen-bond donors (Lipinski definition) is 4. The number of rotatable bonds is 2. The summed E-state index contributed by atoms with van der Waals surface area (Å²) in [6.45, 7) is 1.73. The lowest BCUT2D eigenvalue weighted by atomic mass is 10.2. The maximum absolute atomic E-state index is 10.9. The minimum absolute atomic E-state index is 0.111. The van der Waals surface area contributed by atoms with E-state index in [0.29, 0.717) is 12.0 Å². The van der Waals surface area contributed by atoms with Crippen molar-refractivity contribution in [3.05, 3.63) is 21.6 Å². The molecule has 0 atom stereocenters. The molecular formula is C6H12N4O. The van der Waals surface area contributed by atoms with E-state index in [-0.39, 0.29) is 5.56 Å². The van der Waals surface area contributed by atoms with E-state index in [1.807, 2.05) is 0 Å². The van der Waals surface area contributed by atoms with E-state index in [2.05, 4.69) is 10.2 Å². The highest BCUT2D eigenvalue weighted by Crippen LogP contribution is 1.97. The highest BCUT2D eigenvalue weighted by Gasteiger charge is 2.05. The standard InChI is InChI=1S/C6H12N4O/c1-3-4(2-5(7)8)9-10-6(3)11/h5H,2,7-8H2,1H3,(H2,9,10,11). The smallest absolute Gasteiger partial charge is 0.267 e.